The SMILES string of the molecule is Cc1ccn2cc(CN3C[C@@]4(C(=O)O)CNC[C@H]4C3=O)nc2c1. The number of fused-ring (bicyclic) bond motifs is 2. The van der Waals surface area contributed by atoms with E-state index >= 15 is 0 Å². The second-order valence-electron chi connectivity index (χ2n) is 6.54. The molecule has 120 valence electrons. The number of aliphatic carboxylic acids is 1. The standard InChI is InChI=1S/C16H18N4O3/c1-10-2-3-19-6-11(18-13(19)4-10)7-20-9-16(15(22)23)8-17-5-12(16)14(20)21/h2-4,6,12,17H,5,7-9H2,1H3,(H,22,23)/t12-,16-/m0/s1. The van der Waals surface area contributed by atoms with Crippen molar-refractivity contribution in [3.63, 3.8) is 0 Å². The van der Waals surface area contributed by atoms with Crippen LogP contribution in [-0.4, -0.2) is 50.9 Å². The van der Waals surface area contributed by atoms with Gasteiger partial charge in [-0.3, -0.25) is 9.59 Å². The fourth-order valence-corrected chi connectivity index (χ4v) is 3.72. The summed E-state index contributed by atoms with van der Waals surface area (Å²) in [7, 11) is 0. The maximum Gasteiger partial charge on any atom is 0.313 e. The minimum absolute atomic E-state index is 0.0920. The zero-order valence-corrected chi connectivity index (χ0v) is 12.8. The molecule has 2 aliphatic rings. The lowest BCUT2D eigenvalue weighted by atomic mass is 9.81. The molecule has 2 saturated heterocycles. The zero-order chi connectivity index (χ0) is 16.2. The molecule has 0 radical (unpaired) electrons. The van der Waals surface area contributed by atoms with Gasteiger partial charge in [-0.2, -0.15) is 0 Å². The summed E-state index contributed by atoms with van der Waals surface area (Å²) in [6.45, 7) is 3.38. The first kappa shape index (κ1) is 14.2. The lowest BCUT2D eigenvalue weighted by Gasteiger charge is -2.21. The van der Waals surface area contributed by atoms with Gasteiger partial charge in [-0.05, 0) is 24.6 Å². The molecule has 2 aromatic rings. The van der Waals surface area contributed by atoms with Gasteiger partial charge in [0.15, 0.2) is 0 Å². The first-order chi connectivity index (χ1) is 11.0. The number of nitrogens with one attached hydrogen (secondary N) is 1. The highest BCUT2D eigenvalue weighted by Gasteiger charge is 2.59. The molecule has 7 heteroatoms. The predicted octanol–water partition coefficient (Wildman–Crippen LogP) is 0.275. The van der Waals surface area contributed by atoms with Gasteiger partial charge < -0.3 is 19.7 Å². The summed E-state index contributed by atoms with van der Waals surface area (Å²) >= 11 is 0. The summed E-state index contributed by atoms with van der Waals surface area (Å²) in [5.74, 6) is -1.46. The first-order valence-electron chi connectivity index (χ1n) is 7.67. The van der Waals surface area contributed by atoms with Crippen LogP contribution in [0, 0.1) is 18.3 Å². The van der Waals surface area contributed by atoms with Crippen LogP contribution in [-0.2, 0) is 16.1 Å². The van der Waals surface area contributed by atoms with Crippen LogP contribution >= 0.6 is 0 Å². The summed E-state index contributed by atoms with van der Waals surface area (Å²) in [4.78, 5) is 30.4. The molecule has 0 saturated carbocycles. The van der Waals surface area contributed by atoms with Crippen molar-refractivity contribution in [2.45, 2.75) is 13.5 Å². The maximum atomic E-state index is 12.6. The van der Waals surface area contributed by atoms with Gasteiger partial charge in [0.2, 0.25) is 5.91 Å². The van der Waals surface area contributed by atoms with Gasteiger partial charge in [-0.15, -0.1) is 0 Å². The average Bonchev–Trinajstić information content (AvgIpc) is 3.15. The second-order valence-corrected chi connectivity index (χ2v) is 6.54. The van der Waals surface area contributed by atoms with E-state index in [1.807, 2.05) is 35.9 Å². The Morgan fingerprint density at radius 1 is 1.57 bits per heavy atom. The van der Waals surface area contributed by atoms with E-state index < -0.39 is 17.3 Å². The van der Waals surface area contributed by atoms with Crippen molar-refractivity contribution >= 4 is 17.5 Å². The van der Waals surface area contributed by atoms with Gasteiger partial charge in [-0.25, -0.2) is 4.98 Å². The van der Waals surface area contributed by atoms with Gasteiger partial charge >= 0.3 is 5.97 Å². The van der Waals surface area contributed by atoms with E-state index in [9.17, 15) is 14.7 Å². The number of pyridine rings is 1. The molecule has 1 amide bonds. The fraction of sp³-hybridized carbons (Fsp3) is 0.438. The number of carbonyl (C=O) groups is 2. The minimum atomic E-state index is -0.993. The number of imidazole rings is 1. The number of aryl methyl sites for hydroxylation is 1. The smallest absolute Gasteiger partial charge is 0.313 e. The Bertz CT molecular complexity index is 815. The van der Waals surface area contributed by atoms with Gasteiger partial charge in [0, 0.05) is 32.0 Å². The van der Waals surface area contributed by atoms with E-state index in [-0.39, 0.29) is 12.5 Å². The van der Waals surface area contributed by atoms with Crippen LogP contribution in [0.4, 0.5) is 0 Å². The Hall–Kier alpha value is -2.41. The van der Waals surface area contributed by atoms with E-state index in [2.05, 4.69) is 10.3 Å². The molecule has 0 unspecified atom stereocenters. The normalized spacial score (nSPS) is 26.9. The molecule has 2 fully saturated rings. The second kappa shape index (κ2) is 4.79. The number of aromatic nitrogens is 2. The Morgan fingerprint density at radius 2 is 2.39 bits per heavy atom. The molecule has 0 aromatic carbocycles. The highest BCUT2D eigenvalue weighted by atomic mass is 16.4. The Kier molecular flexibility index (Phi) is 2.96. The number of amides is 1. The Labute approximate surface area is 132 Å². The van der Waals surface area contributed by atoms with E-state index in [4.69, 9.17) is 0 Å². The van der Waals surface area contributed by atoms with Crippen LogP contribution in [0.1, 0.15) is 11.3 Å². The topological polar surface area (TPSA) is 86.9 Å². The monoisotopic (exact) mass is 314 g/mol. The molecule has 23 heavy (non-hydrogen) atoms. The van der Waals surface area contributed by atoms with Crippen LogP contribution < -0.4 is 5.32 Å². The number of nitrogens with zero attached hydrogens (tertiary/aromatic N) is 3. The molecule has 2 N–H and O–H groups in total. The average molecular weight is 314 g/mol. The van der Waals surface area contributed by atoms with E-state index in [1.165, 1.54) is 0 Å². The summed E-state index contributed by atoms with van der Waals surface area (Å²) in [6, 6.07) is 3.97. The van der Waals surface area contributed by atoms with Crippen LogP contribution in [0.25, 0.3) is 5.65 Å². The number of carbonyl (C=O) groups excluding carboxylic acids is 1. The van der Waals surface area contributed by atoms with Gasteiger partial charge in [0.1, 0.15) is 11.1 Å². The molecule has 2 atom stereocenters. The maximum absolute atomic E-state index is 12.6. The Balaban J connectivity index is 1.61. The number of carboxylic acids is 1. The lowest BCUT2D eigenvalue weighted by molar-refractivity contribution is -0.149. The molecule has 4 rings (SSSR count). The van der Waals surface area contributed by atoms with E-state index in [1.54, 1.807) is 4.90 Å². The van der Waals surface area contributed by atoms with Crippen LogP contribution in [0.15, 0.2) is 24.5 Å². The molecule has 0 spiro atoms. The van der Waals surface area contributed by atoms with Crippen LogP contribution in [0.3, 0.4) is 0 Å². The molecule has 2 aliphatic heterocycles. The van der Waals surface area contributed by atoms with Crippen molar-refractivity contribution in [3.05, 3.63) is 35.8 Å². The number of hydrogen-bond donors (Lipinski definition) is 2. The predicted molar refractivity (Wildman–Crippen MR) is 81.8 cm³/mol. The van der Waals surface area contributed by atoms with Crippen molar-refractivity contribution in [1.29, 1.82) is 0 Å². The first-order valence-corrected chi connectivity index (χ1v) is 7.67. The highest BCUT2D eigenvalue weighted by Crippen LogP contribution is 2.40. The molecule has 4 heterocycles. The molecular formula is C16H18N4O3. The number of hydrogen-bond acceptors (Lipinski definition) is 4. The molecule has 0 bridgehead atoms. The molecule has 2 aromatic heterocycles. The van der Waals surface area contributed by atoms with Crippen molar-refractivity contribution in [1.82, 2.24) is 19.6 Å². The van der Waals surface area contributed by atoms with Crippen molar-refractivity contribution < 1.29 is 14.7 Å². The summed E-state index contributed by atoms with van der Waals surface area (Å²) in [6.07, 6.45) is 3.83. The van der Waals surface area contributed by atoms with E-state index in [0.29, 0.717) is 19.6 Å². The van der Waals surface area contributed by atoms with Crippen molar-refractivity contribution in [2.75, 3.05) is 19.6 Å². The van der Waals surface area contributed by atoms with Crippen LogP contribution in [0.2, 0.25) is 0 Å². The van der Waals surface area contributed by atoms with Crippen molar-refractivity contribution in [2.24, 2.45) is 11.3 Å². The minimum Gasteiger partial charge on any atom is -0.481 e. The quantitative estimate of drug-likeness (QED) is 0.849. The summed E-state index contributed by atoms with van der Waals surface area (Å²) < 4.78 is 1.91. The lowest BCUT2D eigenvalue weighted by Crippen LogP contribution is -2.40. The fourth-order valence-electron chi connectivity index (χ4n) is 3.72. The number of likely N-dealkylation sites (tertiary alicyclic amines) is 1. The van der Waals surface area contributed by atoms with Gasteiger partial charge in [0.25, 0.3) is 0 Å². The third-order valence-corrected chi connectivity index (χ3v) is 4.98. The van der Waals surface area contributed by atoms with Crippen LogP contribution in [0.5, 0.6) is 0 Å². The molecule has 7 nitrogen and oxygen atoms in total. The van der Waals surface area contributed by atoms with Crippen molar-refractivity contribution in [3.8, 4) is 0 Å². The third kappa shape index (κ3) is 2.03. The largest absolute Gasteiger partial charge is 0.481 e. The summed E-state index contributed by atoms with van der Waals surface area (Å²) in [5, 5.41) is 12.6. The third-order valence-electron chi connectivity index (χ3n) is 4.98. The Morgan fingerprint density at radius 3 is 3.13 bits per heavy atom. The number of carboxylic acid groups (broad SMARTS) is 1. The molecule has 0 aliphatic carbocycles. The highest BCUT2D eigenvalue weighted by molar-refractivity contribution is 5.92. The van der Waals surface area contributed by atoms with E-state index in [0.717, 1.165) is 16.9 Å². The molecular weight excluding hydrogens is 296 g/mol. The van der Waals surface area contributed by atoms with Gasteiger partial charge in [-0.1, -0.05) is 0 Å². The summed E-state index contributed by atoms with van der Waals surface area (Å²) in [5.41, 5.74) is 1.74. The van der Waals surface area contributed by atoms with Gasteiger partial charge in [0.05, 0.1) is 18.2 Å². The number of rotatable bonds is 3. The zero-order valence-electron chi connectivity index (χ0n) is 12.8.